The predicted molar refractivity (Wildman–Crippen MR) is 119 cm³/mol. The molecule has 2 atom stereocenters. The Labute approximate surface area is 197 Å². The third-order valence-electron chi connectivity index (χ3n) is 6.40. The molecule has 3 aromatic rings. The van der Waals surface area contributed by atoms with Crippen molar-refractivity contribution < 1.29 is 37.4 Å². The van der Waals surface area contributed by atoms with Crippen molar-refractivity contribution in [3.8, 4) is 11.1 Å². The van der Waals surface area contributed by atoms with Crippen LogP contribution >= 0.6 is 0 Å². The van der Waals surface area contributed by atoms with Gasteiger partial charge in [-0.05, 0) is 22.3 Å². The van der Waals surface area contributed by atoms with E-state index in [9.17, 15) is 23.2 Å². The zero-order valence-electron chi connectivity index (χ0n) is 18.2. The summed E-state index contributed by atoms with van der Waals surface area (Å²) >= 11 is 0. The van der Waals surface area contributed by atoms with Gasteiger partial charge < -0.3 is 19.6 Å². The molecule has 0 saturated heterocycles. The van der Waals surface area contributed by atoms with Crippen molar-refractivity contribution in [3.05, 3.63) is 77.7 Å². The highest BCUT2D eigenvalue weighted by Gasteiger charge is 2.72. The van der Waals surface area contributed by atoms with Gasteiger partial charge in [0, 0.05) is 18.5 Å². The molecule has 0 bridgehead atoms. The Balaban J connectivity index is 1.20. The fourth-order valence-corrected chi connectivity index (χ4v) is 4.59. The van der Waals surface area contributed by atoms with Crippen LogP contribution in [0.5, 0.6) is 0 Å². The first-order chi connectivity index (χ1) is 16.8. The normalized spacial score (nSPS) is 19.4. The lowest BCUT2D eigenvalue weighted by Crippen LogP contribution is -2.28. The first kappa shape index (κ1) is 22.6. The number of furan rings is 1. The molecule has 0 aliphatic heterocycles. The highest BCUT2D eigenvalue weighted by atomic mass is 19.3. The molecule has 35 heavy (non-hydrogen) atoms. The maximum absolute atomic E-state index is 13.5. The second kappa shape index (κ2) is 8.53. The Bertz CT molecular complexity index is 1280. The molecule has 0 spiro atoms. The van der Waals surface area contributed by atoms with Gasteiger partial charge in [0.2, 0.25) is 5.76 Å². The minimum atomic E-state index is -3.38. The summed E-state index contributed by atoms with van der Waals surface area (Å²) in [6, 6.07) is 17.1. The van der Waals surface area contributed by atoms with Gasteiger partial charge in [0.15, 0.2) is 0 Å². The van der Waals surface area contributed by atoms with Gasteiger partial charge >= 0.3 is 12.1 Å². The first-order valence-electron chi connectivity index (χ1n) is 10.9. The van der Waals surface area contributed by atoms with E-state index in [1.807, 2.05) is 48.5 Å². The van der Waals surface area contributed by atoms with Gasteiger partial charge in [0.1, 0.15) is 12.5 Å². The SMILES string of the molecule is O=C(Nc1ccoc1C(=O)NCC1C(C(=O)O)C1(F)F)OCC1c2ccccc2-c2ccccc21. The van der Waals surface area contributed by atoms with Crippen LogP contribution in [0.4, 0.5) is 19.3 Å². The molecule has 0 radical (unpaired) electrons. The zero-order chi connectivity index (χ0) is 24.7. The number of halogens is 2. The number of rotatable bonds is 7. The number of aliphatic carboxylic acids is 1. The van der Waals surface area contributed by atoms with Crippen LogP contribution in [0.2, 0.25) is 0 Å². The Morgan fingerprint density at radius 2 is 1.63 bits per heavy atom. The molecular formula is C25H20F2N2O6. The fourth-order valence-electron chi connectivity index (χ4n) is 4.59. The van der Waals surface area contributed by atoms with Crippen molar-refractivity contribution in [1.29, 1.82) is 0 Å². The van der Waals surface area contributed by atoms with Crippen LogP contribution < -0.4 is 10.6 Å². The third-order valence-corrected chi connectivity index (χ3v) is 6.40. The molecule has 1 saturated carbocycles. The molecule has 1 fully saturated rings. The van der Waals surface area contributed by atoms with Gasteiger partial charge in [-0.1, -0.05) is 48.5 Å². The zero-order valence-corrected chi connectivity index (χ0v) is 18.2. The molecule has 2 amide bonds. The minimum Gasteiger partial charge on any atom is -0.481 e. The Morgan fingerprint density at radius 3 is 2.23 bits per heavy atom. The highest BCUT2D eigenvalue weighted by Crippen LogP contribution is 2.55. The van der Waals surface area contributed by atoms with Gasteiger partial charge in [-0.2, -0.15) is 0 Å². The molecule has 3 N–H and O–H groups in total. The van der Waals surface area contributed by atoms with E-state index in [0.717, 1.165) is 28.5 Å². The maximum atomic E-state index is 13.5. The summed E-state index contributed by atoms with van der Waals surface area (Å²) in [6.45, 7) is -0.486. The van der Waals surface area contributed by atoms with Crippen LogP contribution in [0, 0.1) is 11.8 Å². The van der Waals surface area contributed by atoms with Crippen LogP contribution in [-0.2, 0) is 9.53 Å². The van der Waals surface area contributed by atoms with Gasteiger partial charge in [-0.15, -0.1) is 0 Å². The van der Waals surface area contributed by atoms with Crippen LogP contribution in [-0.4, -0.2) is 42.2 Å². The molecule has 2 aliphatic rings. The lowest BCUT2D eigenvalue weighted by atomic mass is 9.98. The van der Waals surface area contributed by atoms with E-state index in [0.29, 0.717) is 0 Å². The van der Waals surface area contributed by atoms with E-state index < -0.39 is 42.3 Å². The molecule has 180 valence electrons. The summed E-state index contributed by atoms with van der Waals surface area (Å²) in [5, 5.41) is 13.5. The number of carbonyl (C=O) groups excluding carboxylic acids is 2. The number of hydrogen-bond acceptors (Lipinski definition) is 5. The topological polar surface area (TPSA) is 118 Å². The Kier molecular flexibility index (Phi) is 5.50. The fraction of sp³-hybridized carbons (Fsp3) is 0.240. The van der Waals surface area contributed by atoms with E-state index in [1.165, 1.54) is 6.07 Å². The smallest absolute Gasteiger partial charge is 0.411 e. The standard InChI is InChI=1S/C25H20F2N2O6/c26-25(27)18(20(25)23(31)32)11-28-22(30)21-19(9-10-34-21)29-24(33)35-12-17-15-7-3-1-5-13(15)14-6-2-4-8-16(14)17/h1-10,17-18,20H,11-12H2,(H,28,30)(H,29,33)(H,31,32). The third kappa shape index (κ3) is 4.01. The molecule has 2 unspecified atom stereocenters. The Hall–Kier alpha value is -4.21. The molecule has 8 nitrogen and oxygen atoms in total. The number of nitrogens with one attached hydrogen (secondary N) is 2. The number of carboxylic acids is 1. The van der Waals surface area contributed by atoms with E-state index in [4.69, 9.17) is 14.3 Å². The van der Waals surface area contributed by atoms with Gasteiger partial charge in [-0.25, -0.2) is 13.6 Å². The van der Waals surface area contributed by atoms with Gasteiger partial charge in [-0.3, -0.25) is 14.9 Å². The molecule has 10 heteroatoms. The molecule has 2 aliphatic carbocycles. The summed E-state index contributed by atoms with van der Waals surface area (Å²) in [7, 11) is 0. The highest BCUT2D eigenvalue weighted by molar-refractivity contribution is 6.00. The average Bonchev–Trinajstić information content (AvgIpc) is 3.13. The van der Waals surface area contributed by atoms with E-state index in [2.05, 4.69) is 10.6 Å². The number of anilines is 1. The average molecular weight is 482 g/mol. The summed E-state index contributed by atoms with van der Waals surface area (Å²) in [5.74, 6) is -9.67. The number of amides is 2. The number of hydrogen-bond donors (Lipinski definition) is 3. The van der Waals surface area contributed by atoms with Crippen LogP contribution in [0.25, 0.3) is 11.1 Å². The number of ether oxygens (including phenoxy) is 1. The van der Waals surface area contributed by atoms with E-state index >= 15 is 0 Å². The van der Waals surface area contributed by atoms with Crippen LogP contribution in [0.3, 0.4) is 0 Å². The van der Waals surface area contributed by atoms with Crippen molar-refractivity contribution in [2.45, 2.75) is 11.8 Å². The second-order valence-electron chi connectivity index (χ2n) is 8.42. The largest absolute Gasteiger partial charge is 0.481 e. The summed E-state index contributed by atoms with van der Waals surface area (Å²) < 4.78 is 37.6. The van der Waals surface area contributed by atoms with E-state index in [1.54, 1.807) is 0 Å². The quantitative estimate of drug-likeness (QED) is 0.461. The van der Waals surface area contributed by atoms with Gasteiger partial charge in [0.05, 0.1) is 17.9 Å². The molecular weight excluding hydrogens is 462 g/mol. The van der Waals surface area contributed by atoms with Gasteiger partial charge in [0.25, 0.3) is 11.8 Å². The number of alkyl halides is 2. The van der Waals surface area contributed by atoms with Crippen molar-refractivity contribution in [3.63, 3.8) is 0 Å². The predicted octanol–water partition coefficient (Wildman–Crippen LogP) is 4.34. The monoisotopic (exact) mass is 482 g/mol. The van der Waals surface area contributed by atoms with Crippen molar-refractivity contribution in [2.75, 3.05) is 18.5 Å². The van der Waals surface area contributed by atoms with Crippen molar-refractivity contribution in [2.24, 2.45) is 11.8 Å². The molecule has 2 aromatic carbocycles. The summed E-state index contributed by atoms with van der Waals surface area (Å²) in [6.07, 6.45) is 0.335. The van der Waals surface area contributed by atoms with Crippen LogP contribution in [0.1, 0.15) is 27.6 Å². The number of fused-ring (bicyclic) bond motifs is 3. The number of carboxylic acid groups (broad SMARTS) is 1. The van der Waals surface area contributed by atoms with Crippen molar-refractivity contribution >= 4 is 23.7 Å². The Morgan fingerprint density at radius 1 is 1.00 bits per heavy atom. The van der Waals surface area contributed by atoms with E-state index in [-0.39, 0.29) is 24.0 Å². The summed E-state index contributed by atoms with van der Waals surface area (Å²) in [5.41, 5.74) is 4.24. The molecule has 5 rings (SSSR count). The second-order valence-corrected chi connectivity index (χ2v) is 8.42. The lowest BCUT2D eigenvalue weighted by molar-refractivity contribution is -0.140. The minimum absolute atomic E-state index is 0.00272. The molecule has 1 heterocycles. The number of carbonyl (C=O) groups is 3. The number of benzene rings is 2. The maximum Gasteiger partial charge on any atom is 0.411 e. The lowest BCUT2D eigenvalue weighted by Gasteiger charge is -2.14. The first-order valence-corrected chi connectivity index (χ1v) is 10.9. The summed E-state index contributed by atoms with van der Waals surface area (Å²) in [4.78, 5) is 35.7. The molecule has 1 aromatic heterocycles. The van der Waals surface area contributed by atoms with Crippen LogP contribution in [0.15, 0.2) is 65.3 Å². The van der Waals surface area contributed by atoms with Crippen molar-refractivity contribution in [1.82, 2.24) is 5.32 Å².